The maximum absolute atomic E-state index is 12.9. The molecule has 4 rings (SSSR count). The van der Waals surface area contributed by atoms with Crippen LogP contribution in [0.2, 0.25) is 0 Å². The predicted molar refractivity (Wildman–Crippen MR) is 128 cm³/mol. The van der Waals surface area contributed by atoms with Crippen molar-refractivity contribution < 1.29 is 18.7 Å². The van der Waals surface area contributed by atoms with Gasteiger partial charge in [0.2, 0.25) is 11.8 Å². The number of hydrogen-bond acceptors (Lipinski definition) is 4. The van der Waals surface area contributed by atoms with Gasteiger partial charge in [0.1, 0.15) is 11.3 Å². The van der Waals surface area contributed by atoms with E-state index < -0.39 is 0 Å². The monoisotopic (exact) mass is 496 g/mol. The highest BCUT2D eigenvalue weighted by Crippen LogP contribution is 2.37. The molecule has 2 heterocycles. The summed E-state index contributed by atoms with van der Waals surface area (Å²) in [4.78, 5) is 26.0. The molecule has 166 valence electrons. The molecule has 0 aliphatic carbocycles. The number of likely N-dealkylation sites (tertiary alicyclic amines) is 1. The van der Waals surface area contributed by atoms with Crippen molar-refractivity contribution in [3.8, 4) is 16.9 Å². The van der Waals surface area contributed by atoms with Gasteiger partial charge in [-0.3, -0.25) is 9.59 Å². The number of halogens is 1. The number of ether oxygens (including phenoxy) is 1. The zero-order valence-electron chi connectivity index (χ0n) is 18.1. The fourth-order valence-electron chi connectivity index (χ4n) is 4.12. The van der Waals surface area contributed by atoms with Gasteiger partial charge in [0, 0.05) is 52.1 Å². The van der Waals surface area contributed by atoms with E-state index in [4.69, 9.17) is 14.9 Å². The summed E-state index contributed by atoms with van der Waals surface area (Å²) in [6.07, 6.45) is 4.58. The Morgan fingerprint density at radius 1 is 1.19 bits per heavy atom. The van der Waals surface area contributed by atoms with Crippen LogP contribution in [0, 0.1) is 5.92 Å². The molecule has 2 amide bonds. The predicted octanol–water partition coefficient (Wildman–Crippen LogP) is 5.00. The molecule has 1 aromatic heterocycles. The first-order valence-electron chi connectivity index (χ1n) is 10.5. The molecule has 0 bridgehead atoms. The lowest BCUT2D eigenvalue weighted by Crippen LogP contribution is -2.41. The van der Waals surface area contributed by atoms with Gasteiger partial charge in [-0.1, -0.05) is 28.1 Å². The maximum atomic E-state index is 12.9. The van der Waals surface area contributed by atoms with Gasteiger partial charge in [-0.05, 0) is 49.1 Å². The molecular weight excluding hydrogens is 472 g/mol. The molecule has 1 fully saturated rings. The molecule has 2 N–H and O–H groups in total. The minimum absolute atomic E-state index is 0.0760. The lowest BCUT2D eigenvalue weighted by molar-refractivity contribution is -0.130. The normalized spacial score (nSPS) is 15.2. The number of furan rings is 1. The molecule has 1 aliphatic rings. The Labute approximate surface area is 195 Å². The van der Waals surface area contributed by atoms with Crippen molar-refractivity contribution in [2.75, 3.05) is 20.2 Å². The van der Waals surface area contributed by atoms with E-state index in [1.54, 1.807) is 24.3 Å². The number of hydrogen-bond donors (Lipinski definition) is 1. The fraction of sp³-hybridized carbons (Fsp3) is 0.280. The van der Waals surface area contributed by atoms with E-state index in [1.165, 1.54) is 0 Å². The standard InChI is InChI=1S/C25H25BrN2O4/c1-15(11-24(29)28-9-7-17(8-10-28)25(27)30)19-12-20-21(16-3-5-18(26)6-4-16)14-32-23(20)13-22(19)31-2/h3-6,11-14,17H,7-10H2,1-2H3,(H2,27,30)/b15-11+. The van der Waals surface area contributed by atoms with Crippen LogP contribution in [0.15, 0.2) is 57.6 Å². The second kappa shape index (κ2) is 9.20. The van der Waals surface area contributed by atoms with Crippen LogP contribution in [0.4, 0.5) is 0 Å². The third-order valence-corrected chi connectivity index (χ3v) is 6.55. The van der Waals surface area contributed by atoms with E-state index in [-0.39, 0.29) is 17.7 Å². The van der Waals surface area contributed by atoms with Gasteiger partial charge in [-0.25, -0.2) is 0 Å². The lowest BCUT2D eigenvalue weighted by atomic mass is 9.96. The lowest BCUT2D eigenvalue weighted by Gasteiger charge is -2.30. The third kappa shape index (κ3) is 4.43. The highest BCUT2D eigenvalue weighted by Gasteiger charge is 2.25. The minimum atomic E-state index is -0.288. The molecule has 32 heavy (non-hydrogen) atoms. The van der Waals surface area contributed by atoms with Crippen LogP contribution in [0.1, 0.15) is 25.3 Å². The first-order chi connectivity index (χ1) is 15.4. The number of benzene rings is 2. The van der Waals surface area contributed by atoms with Crippen molar-refractivity contribution in [2.24, 2.45) is 11.7 Å². The summed E-state index contributed by atoms with van der Waals surface area (Å²) < 4.78 is 12.4. The van der Waals surface area contributed by atoms with Gasteiger partial charge in [0.15, 0.2) is 0 Å². The Morgan fingerprint density at radius 2 is 1.88 bits per heavy atom. The Kier molecular flexibility index (Phi) is 6.37. The molecule has 7 heteroatoms. The highest BCUT2D eigenvalue weighted by molar-refractivity contribution is 9.10. The molecule has 1 saturated heterocycles. The summed E-state index contributed by atoms with van der Waals surface area (Å²) in [5.41, 5.74) is 9.77. The number of nitrogens with two attached hydrogens (primary N) is 1. The van der Waals surface area contributed by atoms with Crippen LogP contribution in [0.5, 0.6) is 5.75 Å². The van der Waals surface area contributed by atoms with Gasteiger partial charge >= 0.3 is 0 Å². The number of carbonyl (C=O) groups excluding carboxylic acids is 2. The summed E-state index contributed by atoms with van der Waals surface area (Å²) in [7, 11) is 1.60. The summed E-state index contributed by atoms with van der Waals surface area (Å²) >= 11 is 3.47. The maximum Gasteiger partial charge on any atom is 0.246 e. The average molecular weight is 497 g/mol. The molecule has 0 radical (unpaired) electrons. The van der Waals surface area contributed by atoms with Gasteiger partial charge < -0.3 is 19.8 Å². The number of rotatable bonds is 5. The molecule has 3 aromatic rings. The third-order valence-electron chi connectivity index (χ3n) is 6.02. The molecule has 0 atom stereocenters. The molecule has 2 aromatic carbocycles. The summed E-state index contributed by atoms with van der Waals surface area (Å²) in [5.74, 6) is 0.129. The molecule has 0 saturated carbocycles. The van der Waals surface area contributed by atoms with Crippen LogP contribution in [0.25, 0.3) is 27.7 Å². The number of allylic oxidation sites excluding steroid dienone is 1. The van der Waals surface area contributed by atoms with Crippen molar-refractivity contribution in [2.45, 2.75) is 19.8 Å². The molecule has 1 aliphatic heterocycles. The summed E-state index contributed by atoms with van der Waals surface area (Å²) in [6.45, 7) is 2.96. The van der Waals surface area contributed by atoms with Gasteiger partial charge in [-0.2, -0.15) is 0 Å². The summed E-state index contributed by atoms with van der Waals surface area (Å²) in [6, 6.07) is 11.9. The van der Waals surface area contributed by atoms with E-state index in [0.717, 1.165) is 37.7 Å². The zero-order chi connectivity index (χ0) is 22.8. The second-order valence-corrected chi connectivity index (χ2v) is 8.95. The average Bonchev–Trinajstić information content (AvgIpc) is 3.21. The number of piperidine rings is 1. The highest BCUT2D eigenvalue weighted by atomic mass is 79.9. The number of primary amides is 1. The van der Waals surface area contributed by atoms with Crippen LogP contribution in [0.3, 0.4) is 0 Å². The van der Waals surface area contributed by atoms with Gasteiger partial charge in [0.05, 0.1) is 13.4 Å². The summed E-state index contributed by atoms with van der Waals surface area (Å²) in [5, 5.41) is 0.950. The van der Waals surface area contributed by atoms with Crippen molar-refractivity contribution >= 4 is 44.3 Å². The molecular formula is C25H25BrN2O4. The van der Waals surface area contributed by atoms with Crippen LogP contribution < -0.4 is 10.5 Å². The first-order valence-corrected chi connectivity index (χ1v) is 11.3. The Bertz CT molecular complexity index is 1190. The van der Waals surface area contributed by atoms with E-state index in [9.17, 15) is 9.59 Å². The van der Waals surface area contributed by atoms with Crippen LogP contribution in [-0.4, -0.2) is 36.9 Å². The number of fused-ring (bicyclic) bond motifs is 1. The first kappa shape index (κ1) is 22.1. The van der Waals surface area contributed by atoms with Crippen molar-refractivity contribution in [1.82, 2.24) is 4.90 Å². The van der Waals surface area contributed by atoms with Crippen molar-refractivity contribution in [1.29, 1.82) is 0 Å². The Morgan fingerprint density at radius 3 is 2.50 bits per heavy atom. The topological polar surface area (TPSA) is 85.8 Å². The quantitative estimate of drug-likeness (QED) is 0.503. The Balaban J connectivity index is 1.65. The SMILES string of the molecule is COc1cc2occ(-c3ccc(Br)cc3)c2cc1/C(C)=C/C(=O)N1CCC(C(N)=O)CC1. The number of amides is 2. The number of carbonyl (C=O) groups is 2. The van der Waals surface area contributed by atoms with Crippen molar-refractivity contribution in [3.63, 3.8) is 0 Å². The van der Waals surface area contributed by atoms with E-state index in [1.807, 2.05) is 43.3 Å². The van der Waals surface area contributed by atoms with Gasteiger partial charge in [-0.15, -0.1) is 0 Å². The van der Waals surface area contributed by atoms with E-state index >= 15 is 0 Å². The number of nitrogens with zero attached hydrogens (tertiary/aromatic N) is 1. The fourth-order valence-corrected chi connectivity index (χ4v) is 4.39. The second-order valence-electron chi connectivity index (χ2n) is 8.03. The van der Waals surface area contributed by atoms with E-state index in [0.29, 0.717) is 31.7 Å². The largest absolute Gasteiger partial charge is 0.496 e. The minimum Gasteiger partial charge on any atom is -0.496 e. The van der Waals surface area contributed by atoms with Crippen LogP contribution >= 0.6 is 15.9 Å². The van der Waals surface area contributed by atoms with Gasteiger partial charge in [0.25, 0.3) is 0 Å². The zero-order valence-corrected chi connectivity index (χ0v) is 19.6. The molecule has 0 spiro atoms. The Hall–Kier alpha value is -3.06. The molecule has 0 unspecified atom stereocenters. The van der Waals surface area contributed by atoms with E-state index in [2.05, 4.69) is 15.9 Å². The van der Waals surface area contributed by atoms with Crippen molar-refractivity contribution in [3.05, 3.63) is 58.8 Å². The smallest absolute Gasteiger partial charge is 0.246 e. The number of methoxy groups -OCH3 is 1. The molecule has 6 nitrogen and oxygen atoms in total. The van der Waals surface area contributed by atoms with Crippen LogP contribution in [-0.2, 0) is 9.59 Å².